The first-order chi connectivity index (χ1) is 9.89. The number of rotatable bonds is 3. The summed E-state index contributed by atoms with van der Waals surface area (Å²) in [5, 5.41) is 9.74. The average molecular weight is 290 g/mol. The van der Waals surface area contributed by atoms with Crippen LogP contribution in [-0.4, -0.2) is 31.2 Å². The van der Waals surface area contributed by atoms with Crippen LogP contribution in [-0.2, 0) is 6.54 Å². The Bertz CT molecular complexity index is 718. The van der Waals surface area contributed by atoms with Crippen LogP contribution in [0.2, 0.25) is 0 Å². The summed E-state index contributed by atoms with van der Waals surface area (Å²) in [6.07, 6.45) is 5.19. The van der Waals surface area contributed by atoms with Crippen molar-refractivity contribution in [2.75, 3.05) is 6.61 Å². The van der Waals surface area contributed by atoms with Crippen LogP contribution in [0, 0.1) is 16.7 Å². The van der Waals surface area contributed by atoms with Gasteiger partial charge in [0.1, 0.15) is 0 Å². The lowest BCUT2D eigenvalue weighted by Crippen LogP contribution is -2.38. The topological polar surface area (TPSA) is 83.8 Å². The maximum atomic E-state index is 11.7. The Morgan fingerprint density at radius 3 is 2.86 bits per heavy atom. The van der Waals surface area contributed by atoms with Gasteiger partial charge in [-0.05, 0) is 29.6 Å². The minimum atomic E-state index is -0.204. The van der Waals surface area contributed by atoms with Gasteiger partial charge in [-0.1, -0.05) is 20.8 Å². The zero-order valence-corrected chi connectivity index (χ0v) is 12.8. The van der Waals surface area contributed by atoms with Crippen LogP contribution >= 0.6 is 0 Å². The molecule has 2 atom stereocenters. The number of aromatic nitrogens is 4. The molecule has 2 aromatic heterocycles. The average Bonchev–Trinajstić information content (AvgIpc) is 2.95. The molecule has 0 bridgehead atoms. The summed E-state index contributed by atoms with van der Waals surface area (Å²) in [5.74, 6) is 0.424. The molecule has 21 heavy (non-hydrogen) atoms. The number of H-pyrrole nitrogens is 1. The normalized spacial score (nSPS) is 28.3. The second-order valence-electron chi connectivity index (χ2n) is 6.98. The zero-order valence-electron chi connectivity index (χ0n) is 12.8. The molecule has 2 aromatic rings. The quantitative estimate of drug-likeness (QED) is 0.898. The largest absolute Gasteiger partial charge is 0.396 e. The first kappa shape index (κ1) is 14.3. The Labute approximate surface area is 123 Å². The van der Waals surface area contributed by atoms with Crippen LogP contribution in [0.25, 0.3) is 11.2 Å². The molecule has 2 unspecified atom stereocenters. The van der Waals surface area contributed by atoms with Crippen LogP contribution in [0.15, 0.2) is 17.4 Å². The van der Waals surface area contributed by atoms with E-state index in [1.807, 2.05) is 4.57 Å². The highest BCUT2D eigenvalue weighted by Gasteiger charge is 2.50. The van der Waals surface area contributed by atoms with Gasteiger partial charge in [0.15, 0.2) is 11.2 Å². The van der Waals surface area contributed by atoms with Crippen molar-refractivity contribution in [1.82, 2.24) is 19.5 Å². The van der Waals surface area contributed by atoms with Gasteiger partial charge >= 0.3 is 0 Å². The van der Waals surface area contributed by atoms with Crippen LogP contribution in [0.1, 0.15) is 33.6 Å². The van der Waals surface area contributed by atoms with Gasteiger partial charge in [0, 0.05) is 13.2 Å². The highest BCUT2D eigenvalue weighted by atomic mass is 16.3. The van der Waals surface area contributed by atoms with Gasteiger partial charge in [-0.2, -0.15) is 0 Å². The van der Waals surface area contributed by atoms with Crippen molar-refractivity contribution in [2.24, 2.45) is 16.7 Å². The number of aromatic amines is 1. The highest BCUT2D eigenvalue weighted by Crippen LogP contribution is 2.56. The Hall–Kier alpha value is -1.69. The van der Waals surface area contributed by atoms with E-state index in [0.29, 0.717) is 17.1 Å². The van der Waals surface area contributed by atoms with Crippen molar-refractivity contribution >= 4 is 11.2 Å². The van der Waals surface area contributed by atoms with Gasteiger partial charge in [0.25, 0.3) is 5.56 Å². The lowest BCUT2D eigenvalue weighted by molar-refractivity contribution is 0.0218. The molecule has 0 aliphatic heterocycles. The van der Waals surface area contributed by atoms with Crippen molar-refractivity contribution in [3.63, 3.8) is 0 Å². The Morgan fingerprint density at radius 2 is 2.19 bits per heavy atom. The number of nitrogens with one attached hydrogen (secondary N) is 1. The number of hydrogen-bond donors (Lipinski definition) is 2. The molecule has 0 aromatic carbocycles. The molecule has 0 radical (unpaired) electrons. The summed E-state index contributed by atoms with van der Waals surface area (Å²) in [7, 11) is 0. The molecule has 0 amide bonds. The Kier molecular flexibility index (Phi) is 3.16. The standard InChI is InChI=1S/C15H22N4O2/c1-14(2)10(4-5-15(14,3)7-20)6-19-9-18-11-12(19)16-8-17-13(11)21/h8-10,20H,4-7H2,1-3H3,(H,16,17,21). The molecule has 6 heteroatoms. The van der Waals surface area contributed by atoms with Crippen LogP contribution in [0.5, 0.6) is 0 Å². The van der Waals surface area contributed by atoms with Gasteiger partial charge < -0.3 is 14.7 Å². The summed E-state index contributed by atoms with van der Waals surface area (Å²) >= 11 is 0. The first-order valence-electron chi connectivity index (χ1n) is 7.38. The number of imidazole rings is 1. The van der Waals surface area contributed by atoms with Crippen molar-refractivity contribution in [1.29, 1.82) is 0 Å². The fourth-order valence-electron chi connectivity index (χ4n) is 3.53. The lowest BCUT2D eigenvalue weighted by Gasteiger charge is -2.40. The number of nitrogens with zero attached hydrogens (tertiary/aromatic N) is 3. The fourth-order valence-corrected chi connectivity index (χ4v) is 3.53. The molecule has 2 heterocycles. The second kappa shape index (κ2) is 4.66. The number of aliphatic hydroxyl groups excluding tert-OH is 1. The molecule has 2 N–H and O–H groups in total. The summed E-state index contributed by atoms with van der Waals surface area (Å²) in [4.78, 5) is 22.7. The van der Waals surface area contributed by atoms with E-state index < -0.39 is 0 Å². The van der Waals surface area contributed by atoms with E-state index in [-0.39, 0.29) is 23.0 Å². The number of hydrogen-bond acceptors (Lipinski definition) is 4. The van der Waals surface area contributed by atoms with Gasteiger partial charge in [0.05, 0.1) is 12.7 Å². The van der Waals surface area contributed by atoms with E-state index in [4.69, 9.17) is 0 Å². The molecular weight excluding hydrogens is 268 g/mol. The molecule has 1 aliphatic rings. The van der Waals surface area contributed by atoms with E-state index in [1.165, 1.54) is 6.33 Å². The third-order valence-corrected chi connectivity index (χ3v) is 5.79. The van der Waals surface area contributed by atoms with Crippen molar-refractivity contribution in [2.45, 2.75) is 40.2 Å². The lowest BCUT2D eigenvalue weighted by atomic mass is 9.66. The second-order valence-corrected chi connectivity index (χ2v) is 6.98. The predicted molar refractivity (Wildman–Crippen MR) is 79.8 cm³/mol. The van der Waals surface area contributed by atoms with E-state index in [2.05, 4.69) is 35.7 Å². The van der Waals surface area contributed by atoms with Crippen molar-refractivity contribution < 1.29 is 5.11 Å². The van der Waals surface area contributed by atoms with E-state index in [1.54, 1.807) is 6.33 Å². The first-order valence-corrected chi connectivity index (χ1v) is 7.38. The Balaban J connectivity index is 1.93. The van der Waals surface area contributed by atoms with Gasteiger partial charge in [0.2, 0.25) is 0 Å². The number of aliphatic hydroxyl groups is 1. The maximum absolute atomic E-state index is 11.7. The van der Waals surface area contributed by atoms with E-state index in [9.17, 15) is 9.90 Å². The summed E-state index contributed by atoms with van der Waals surface area (Å²) < 4.78 is 1.96. The van der Waals surface area contributed by atoms with Gasteiger partial charge in [-0.15, -0.1) is 0 Å². The molecule has 1 fully saturated rings. The van der Waals surface area contributed by atoms with Gasteiger partial charge in [-0.25, -0.2) is 9.97 Å². The minimum absolute atomic E-state index is 0.0273. The monoisotopic (exact) mass is 290 g/mol. The molecule has 114 valence electrons. The minimum Gasteiger partial charge on any atom is -0.396 e. The SMILES string of the molecule is CC1(CO)CCC(Cn2cnc3c(=O)[nH]cnc32)C1(C)C. The highest BCUT2D eigenvalue weighted by molar-refractivity contribution is 5.68. The van der Waals surface area contributed by atoms with Crippen LogP contribution in [0.4, 0.5) is 0 Å². The smallest absolute Gasteiger partial charge is 0.278 e. The Morgan fingerprint density at radius 1 is 1.43 bits per heavy atom. The molecule has 3 rings (SSSR count). The van der Waals surface area contributed by atoms with Crippen LogP contribution in [0.3, 0.4) is 0 Å². The molecule has 6 nitrogen and oxygen atoms in total. The third kappa shape index (κ3) is 2.00. The summed E-state index contributed by atoms with van der Waals surface area (Å²) in [5.41, 5.74) is 0.786. The molecule has 1 saturated carbocycles. The van der Waals surface area contributed by atoms with E-state index >= 15 is 0 Å². The van der Waals surface area contributed by atoms with E-state index in [0.717, 1.165) is 19.4 Å². The maximum Gasteiger partial charge on any atom is 0.278 e. The predicted octanol–water partition coefficient (Wildman–Crippen LogP) is 1.55. The molecule has 0 saturated heterocycles. The number of fused-ring (bicyclic) bond motifs is 1. The van der Waals surface area contributed by atoms with Crippen molar-refractivity contribution in [3.05, 3.63) is 23.0 Å². The van der Waals surface area contributed by atoms with Crippen molar-refractivity contribution in [3.8, 4) is 0 Å². The molecule has 0 spiro atoms. The molecular formula is C15H22N4O2. The summed E-state index contributed by atoms with van der Waals surface area (Å²) in [6.45, 7) is 7.58. The molecule has 1 aliphatic carbocycles. The fraction of sp³-hybridized carbons (Fsp3) is 0.667. The summed E-state index contributed by atoms with van der Waals surface area (Å²) in [6, 6.07) is 0. The van der Waals surface area contributed by atoms with Crippen LogP contribution < -0.4 is 5.56 Å². The zero-order chi connectivity index (χ0) is 15.3. The van der Waals surface area contributed by atoms with Gasteiger partial charge in [-0.3, -0.25) is 4.79 Å². The third-order valence-electron chi connectivity index (χ3n) is 5.79.